The highest BCUT2D eigenvalue weighted by molar-refractivity contribution is 5.80. The maximum atomic E-state index is 12.0. The summed E-state index contributed by atoms with van der Waals surface area (Å²) in [6.45, 7) is 7.30. The van der Waals surface area contributed by atoms with E-state index in [0.29, 0.717) is 32.0 Å². The molecule has 0 spiro atoms. The van der Waals surface area contributed by atoms with E-state index in [4.69, 9.17) is 14.5 Å². The van der Waals surface area contributed by atoms with Gasteiger partial charge in [-0.25, -0.2) is 0 Å². The lowest BCUT2D eigenvalue weighted by Gasteiger charge is -2.37. The van der Waals surface area contributed by atoms with E-state index in [2.05, 4.69) is 22.5 Å². The molecule has 7 heteroatoms. The molecule has 0 radical (unpaired) electrons. The normalized spacial score (nSPS) is 27.1. The fourth-order valence-corrected chi connectivity index (χ4v) is 4.32. The van der Waals surface area contributed by atoms with Crippen LogP contribution in [-0.4, -0.2) is 74.9 Å². The molecule has 1 amide bonds. The Hall–Kier alpha value is -1.34. The largest absolute Gasteiger partial charge is 0.375 e. The van der Waals surface area contributed by atoms with Crippen LogP contribution in [0.5, 0.6) is 0 Å². The topological polar surface area (TPSA) is 75.2 Å². The van der Waals surface area contributed by atoms with Crippen molar-refractivity contribution in [2.24, 2.45) is 10.9 Å². The zero-order valence-electron chi connectivity index (χ0n) is 16.8. The number of nitrogens with zero attached hydrogens (tertiary/aromatic N) is 2. The van der Waals surface area contributed by atoms with E-state index in [9.17, 15) is 4.79 Å². The summed E-state index contributed by atoms with van der Waals surface area (Å²) in [6, 6.07) is 0. The van der Waals surface area contributed by atoms with E-state index >= 15 is 0 Å². The molecule has 1 aliphatic carbocycles. The van der Waals surface area contributed by atoms with Crippen LogP contribution < -0.4 is 10.6 Å². The molecule has 154 valence electrons. The summed E-state index contributed by atoms with van der Waals surface area (Å²) in [6.07, 6.45) is 8.19. The number of nitrogens with one attached hydrogen (secondary N) is 2. The van der Waals surface area contributed by atoms with Crippen molar-refractivity contribution in [3.8, 4) is 0 Å². The number of hydrogen-bond acceptors (Lipinski definition) is 4. The first-order valence-electron chi connectivity index (χ1n) is 10.8. The van der Waals surface area contributed by atoms with Gasteiger partial charge in [-0.1, -0.05) is 12.8 Å². The number of rotatable bonds is 7. The Balaban J connectivity index is 1.43. The van der Waals surface area contributed by atoms with Crippen molar-refractivity contribution in [2.75, 3.05) is 45.9 Å². The van der Waals surface area contributed by atoms with Crippen LogP contribution in [0.25, 0.3) is 0 Å². The molecule has 3 aliphatic rings. The summed E-state index contributed by atoms with van der Waals surface area (Å²) < 4.78 is 11.7. The molecule has 0 aromatic carbocycles. The van der Waals surface area contributed by atoms with Crippen molar-refractivity contribution in [1.29, 1.82) is 0 Å². The third-order valence-corrected chi connectivity index (χ3v) is 5.75. The molecule has 2 heterocycles. The number of amides is 1. The van der Waals surface area contributed by atoms with Gasteiger partial charge >= 0.3 is 0 Å². The van der Waals surface area contributed by atoms with E-state index in [1.165, 1.54) is 25.7 Å². The molecule has 27 heavy (non-hydrogen) atoms. The van der Waals surface area contributed by atoms with Crippen LogP contribution in [-0.2, 0) is 14.3 Å². The number of carbonyl (C=O) groups is 1. The second-order valence-electron chi connectivity index (χ2n) is 7.85. The minimum Gasteiger partial charge on any atom is -0.375 e. The number of carbonyl (C=O) groups excluding carboxylic acids is 1. The zero-order valence-corrected chi connectivity index (χ0v) is 16.8. The van der Waals surface area contributed by atoms with E-state index < -0.39 is 0 Å². The van der Waals surface area contributed by atoms with Gasteiger partial charge in [-0.3, -0.25) is 9.79 Å². The molecule has 3 fully saturated rings. The molecule has 2 atom stereocenters. The molecular weight excluding hydrogens is 344 g/mol. The van der Waals surface area contributed by atoms with Crippen LogP contribution in [0, 0.1) is 5.92 Å². The maximum Gasteiger partial charge on any atom is 0.220 e. The molecular formula is C20H36N4O3. The van der Waals surface area contributed by atoms with E-state index in [1.54, 1.807) is 0 Å². The van der Waals surface area contributed by atoms with Crippen LogP contribution in [0.15, 0.2) is 4.99 Å². The van der Waals surface area contributed by atoms with Gasteiger partial charge < -0.3 is 25.0 Å². The number of ether oxygens (including phenoxy) is 2. The average Bonchev–Trinajstić information content (AvgIpc) is 3.38. The highest BCUT2D eigenvalue weighted by atomic mass is 16.5. The molecule has 2 N–H and O–H groups in total. The van der Waals surface area contributed by atoms with Gasteiger partial charge in [0.1, 0.15) is 6.10 Å². The van der Waals surface area contributed by atoms with Crippen LogP contribution in [0.1, 0.15) is 51.9 Å². The predicted molar refractivity (Wildman–Crippen MR) is 106 cm³/mol. The first-order valence-corrected chi connectivity index (χ1v) is 10.8. The number of guanidine groups is 1. The first-order chi connectivity index (χ1) is 13.3. The summed E-state index contributed by atoms with van der Waals surface area (Å²) in [5.41, 5.74) is 0. The summed E-state index contributed by atoms with van der Waals surface area (Å²) in [5.74, 6) is 1.68. The van der Waals surface area contributed by atoms with Gasteiger partial charge in [-0.05, 0) is 38.5 Å². The number of morpholine rings is 1. The molecule has 2 aliphatic heterocycles. The highest BCUT2D eigenvalue weighted by Gasteiger charge is 2.32. The Labute approximate surface area is 163 Å². The second-order valence-corrected chi connectivity index (χ2v) is 7.85. The lowest BCUT2D eigenvalue weighted by atomic mass is 10.0. The van der Waals surface area contributed by atoms with Crippen molar-refractivity contribution in [2.45, 2.75) is 64.1 Å². The van der Waals surface area contributed by atoms with E-state index in [1.807, 2.05) is 0 Å². The number of aliphatic imine (C=N–C) groups is 1. The lowest BCUT2D eigenvalue weighted by molar-refractivity contribution is -0.121. The lowest BCUT2D eigenvalue weighted by Crippen LogP contribution is -2.53. The third-order valence-electron chi connectivity index (χ3n) is 5.75. The standard InChI is InChI=1S/C20H36N4O3/c1-2-21-20(23-10-9-22-19(25)14-16-6-3-4-7-16)24-11-13-27-18(15-24)17-8-5-12-26-17/h16-18H,2-15H2,1H3,(H,21,23)(H,22,25). The van der Waals surface area contributed by atoms with Crippen LogP contribution >= 0.6 is 0 Å². The number of hydrogen-bond donors (Lipinski definition) is 2. The highest BCUT2D eigenvalue weighted by Crippen LogP contribution is 2.27. The molecule has 0 aromatic rings. The molecule has 7 nitrogen and oxygen atoms in total. The first kappa shape index (κ1) is 20.4. The molecule has 1 saturated carbocycles. The van der Waals surface area contributed by atoms with Crippen molar-refractivity contribution in [3.05, 3.63) is 0 Å². The van der Waals surface area contributed by atoms with Gasteiger partial charge in [0.15, 0.2) is 5.96 Å². The van der Waals surface area contributed by atoms with Gasteiger partial charge in [0.2, 0.25) is 5.91 Å². The van der Waals surface area contributed by atoms with Gasteiger partial charge in [0.05, 0.1) is 19.3 Å². The Bertz CT molecular complexity index is 488. The molecule has 3 rings (SSSR count). The smallest absolute Gasteiger partial charge is 0.220 e. The van der Waals surface area contributed by atoms with E-state index in [-0.39, 0.29) is 18.1 Å². The van der Waals surface area contributed by atoms with Gasteiger partial charge in [-0.2, -0.15) is 0 Å². The van der Waals surface area contributed by atoms with Crippen LogP contribution in [0.2, 0.25) is 0 Å². The predicted octanol–water partition coefficient (Wildman–Crippen LogP) is 1.53. The Morgan fingerprint density at radius 1 is 1.07 bits per heavy atom. The summed E-state index contributed by atoms with van der Waals surface area (Å²) in [5, 5.41) is 6.40. The Kier molecular flexibility index (Phi) is 8.20. The third kappa shape index (κ3) is 6.35. The van der Waals surface area contributed by atoms with Gasteiger partial charge in [0.25, 0.3) is 0 Å². The minimum absolute atomic E-state index is 0.122. The monoisotopic (exact) mass is 380 g/mol. The van der Waals surface area contributed by atoms with Crippen LogP contribution in [0.4, 0.5) is 0 Å². The summed E-state index contributed by atoms with van der Waals surface area (Å²) >= 11 is 0. The van der Waals surface area contributed by atoms with Crippen molar-refractivity contribution in [3.63, 3.8) is 0 Å². The van der Waals surface area contributed by atoms with Gasteiger partial charge in [0, 0.05) is 39.2 Å². The molecule has 0 aromatic heterocycles. The van der Waals surface area contributed by atoms with E-state index in [0.717, 1.165) is 45.0 Å². The zero-order chi connectivity index (χ0) is 18.9. The SMILES string of the molecule is CCNC(=NCCNC(=O)CC1CCCC1)N1CCOC(C2CCCO2)C1. The summed E-state index contributed by atoms with van der Waals surface area (Å²) in [7, 11) is 0. The Morgan fingerprint density at radius 3 is 2.63 bits per heavy atom. The van der Waals surface area contributed by atoms with Gasteiger partial charge in [-0.15, -0.1) is 0 Å². The summed E-state index contributed by atoms with van der Waals surface area (Å²) in [4.78, 5) is 19.0. The second kappa shape index (κ2) is 10.9. The van der Waals surface area contributed by atoms with Crippen molar-refractivity contribution >= 4 is 11.9 Å². The fraction of sp³-hybridized carbons (Fsp3) is 0.900. The average molecular weight is 381 g/mol. The van der Waals surface area contributed by atoms with Crippen molar-refractivity contribution < 1.29 is 14.3 Å². The van der Waals surface area contributed by atoms with Crippen molar-refractivity contribution in [1.82, 2.24) is 15.5 Å². The fourth-order valence-electron chi connectivity index (χ4n) is 4.32. The Morgan fingerprint density at radius 2 is 1.89 bits per heavy atom. The quantitative estimate of drug-likeness (QED) is 0.398. The van der Waals surface area contributed by atoms with Crippen LogP contribution in [0.3, 0.4) is 0 Å². The molecule has 2 unspecified atom stereocenters. The maximum absolute atomic E-state index is 12.0. The molecule has 2 saturated heterocycles. The molecule has 0 bridgehead atoms. The minimum atomic E-state index is 0.122.